The van der Waals surface area contributed by atoms with Crippen LogP contribution in [0.5, 0.6) is 0 Å². The molecule has 0 aliphatic carbocycles. The molecule has 6 heteroatoms. The molecule has 0 aliphatic rings. The summed E-state index contributed by atoms with van der Waals surface area (Å²) in [7, 11) is 1.82. The summed E-state index contributed by atoms with van der Waals surface area (Å²) in [6.45, 7) is 8.02. The zero-order valence-electron chi connectivity index (χ0n) is 12.1. The van der Waals surface area contributed by atoms with E-state index in [-0.39, 0.29) is 12.6 Å². The highest BCUT2D eigenvalue weighted by Gasteiger charge is 2.33. The first-order valence-electron chi connectivity index (χ1n) is 6.07. The van der Waals surface area contributed by atoms with Gasteiger partial charge in [-0.1, -0.05) is 6.58 Å². The van der Waals surface area contributed by atoms with Crippen molar-refractivity contribution in [1.82, 2.24) is 4.90 Å². The normalized spacial score (nSPS) is 13.4. The van der Waals surface area contributed by atoms with E-state index >= 15 is 0 Å². The van der Waals surface area contributed by atoms with E-state index in [4.69, 9.17) is 14.9 Å². The number of rotatable bonds is 8. The molecular weight excluding hydrogens is 248 g/mol. The van der Waals surface area contributed by atoms with Crippen molar-refractivity contribution in [3.05, 3.63) is 12.3 Å². The minimum Gasteiger partial charge on any atom is -0.463 e. The van der Waals surface area contributed by atoms with E-state index in [1.165, 1.54) is 6.92 Å². The smallest absolute Gasteiger partial charge is 0.316 e. The molecule has 110 valence electrons. The fourth-order valence-corrected chi connectivity index (χ4v) is 0.905. The van der Waals surface area contributed by atoms with Gasteiger partial charge in [-0.2, -0.15) is 0 Å². The number of carbonyl (C=O) groups is 1. The summed E-state index contributed by atoms with van der Waals surface area (Å²) in [6.07, 6.45) is 1.61. The van der Waals surface area contributed by atoms with E-state index in [0.717, 1.165) is 5.70 Å². The van der Waals surface area contributed by atoms with Crippen molar-refractivity contribution in [2.24, 2.45) is 10.4 Å². The van der Waals surface area contributed by atoms with Crippen LogP contribution in [-0.4, -0.2) is 60.3 Å². The zero-order valence-corrected chi connectivity index (χ0v) is 12.1. The number of ether oxygens (including phenoxy) is 1. The Bertz CT molecular complexity index is 338. The van der Waals surface area contributed by atoms with Crippen molar-refractivity contribution in [3.63, 3.8) is 0 Å². The van der Waals surface area contributed by atoms with Crippen LogP contribution in [0, 0.1) is 5.41 Å². The van der Waals surface area contributed by atoms with Gasteiger partial charge < -0.3 is 19.8 Å². The molecule has 0 fully saturated rings. The SMILES string of the molecule is C=C(C)N(C)C=NC(C)COC(=O)C(C)(CO)CO. The lowest BCUT2D eigenvalue weighted by atomic mass is 9.93. The quantitative estimate of drug-likeness (QED) is 0.380. The summed E-state index contributed by atoms with van der Waals surface area (Å²) in [4.78, 5) is 17.6. The summed E-state index contributed by atoms with van der Waals surface area (Å²) in [5.41, 5.74) is -0.418. The molecule has 0 bridgehead atoms. The van der Waals surface area contributed by atoms with Gasteiger partial charge in [0.25, 0.3) is 0 Å². The Labute approximate surface area is 114 Å². The molecule has 0 aromatic heterocycles. The number of nitrogens with zero attached hydrogens (tertiary/aromatic N) is 2. The van der Waals surface area contributed by atoms with Gasteiger partial charge in [-0.05, 0) is 20.8 Å². The third kappa shape index (κ3) is 5.85. The van der Waals surface area contributed by atoms with E-state index in [1.807, 2.05) is 14.0 Å². The highest BCUT2D eigenvalue weighted by Crippen LogP contribution is 2.16. The van der Waals surface area contributed by atoms with Crippen LogP contribution in [0.15, 0.2) is 17.3 Å². The Balaban J connectivity index is 4.27. The maximum absolute atomic E-state index is 11.7. The van der Waals surface area contributed by atoms with Gasteiger partial charge in [0, 0.05) is 12.7 Å². The van der Waals surface area contributed by atoms with Crippen LogP contribution in [-0.2, 0) is 9.53 Å². The maximum Gasteiger partial charge on any atom is 0.316 e. The monoisotopic (exact) mass is 272 g/mol. The first-order chi connectivity index (χ1) is 8.76. The lowest BCUT2D eigenvalue weighted by Gasteiger charge is -2.22. The van der Waals surface area contributed by atoms with Gasteiger partial charge in [0.1, 0.15) is 12.0 Å². The lowest BCUT2D eigenvalue weighted by molar-refractivity contribution is -0.160. The zero-order chi connectivity index (χ0) is 15.1. The van der Waals surface area contributed by atoms with Gasteiger partial charge >= 0.3 is 5.97 Å². The molecule has 6 nitrogen and oxygen atoms in total. The second-order valence-corrected chi connectivity index (χ2v) is 4.94. The number of aliphatic hydroxyl groups excluding tert-OH is 2. The Morgan fingerprint density at radius 3 is 2.47 bits per heavy atom. The predicted octanol–water partition coefficient (Wildman–Crippen LogP) is 0.403. The lowest BCUT2D eigenvalue weighted by Crippen LogP contribution is -2.38. The molecule has 1 unspecified atom stereocenters. The molecule has 0 aromatic rings. The molecule has 0 rings (SSSR count). The Hall–Kier alpha value is -1.40. The topological polar surface area (TPSA) is 82.4 Å². The summed E-state index contributed by atoms with van der Waals surface area (Å²) in [5.74, 6) is -0.632. The third-order valence-corrected chi connectivity index (χ3v) is 2.74. The van der Waals surface area contributed by atoms with Crippen molar-refractivity contribution in [2.45, 2.75) is 26.8 Å². The van der Waals surface area contributed by atoms with Gasteiger partial charge in [0.15, 0.2) is 0 Å². The van der Waals surface area contributed by atoms with Crippen molar-refractivity contribution in [3.8, 4) is 0 Å². The minimum atomic E-state index is -1.27. The first kappa shape index (κ1) is 17.6. The molecule has 0 aromatic carbocycles. The number of hydrogen-bond acceptors (Lipinski definition) is 5. The minimum absolute atomic E-state index is 0.0922. The molecule has 19 heavy (non-hydrogen) atoms. The van der Waals surface area contributed by atoms with E-state index in [1.54, 1.807) is 18.2 Å². The number of aliphatic imine (C=N–C) groups is 1. The number of aliphatic hydroxyl groups is 2. The van der Waals surface area contributed by atoms with Gasteiger partial charge in [0.05, 0.1) is 25.6 Å². The van der Waals surface area contributed by atoms with Crippen LogP contribution in [0.2, 0.25) is 0 Å². The van der Waals surface area contributed by atoms with Gasteiger partial charge in [0.2, 0.25) is 0 Å². The largest absolute Gasteiger partial charge is 0.463 e. The van der Waals surface area contributed by atoms with E-state index in [9.17, 15) is 4.79 Å². The van der Waals surface area contributed by atoms with Gasteiger partial charge in [-0.15, -0.1) is 0 Å². The third-order valence-electron chi connectivity index (χ3n) is 2.74. The standard InChI is InChI=1S/C13H24N2O4/c1-10(2)15(5)9-14-11(3)6-19-12(18)13(4,7-16)8-17/h9,11,16-17H,1,6-8H2,2-5H3. The second-order valence-electron chi connectivity index (χ2n) is 4.94. The fourth-order valence-electron chi connectivity index (χ4n) is 0.905. The fraction of sp³-hybridized carbons (Fsp3) is 0.692. The van der Waals surface area contributed by atoms with Crippen LogP contribution in [0.4, 0.5) is 0 Å². The van der Waals surface area contributed by atoms with Gasteiger partial charge in [-0.3, -0.25) is 9.79 Å². The van der Waals surface area contributed by atoms with Gasteiger partial charge in [-0.25, -0.2) is 0 Å². The molecule has 2 N–H and O–H groups in total. The Morgan fingerprint density at radius 1 is 1.53 bits per heavy atom. The Kier molecular flexibility index (Phi) is 7.33. The first-order valence-corrected chi connectivity index (χ1v) is 6.07. The number of carbonyl (C=O) groups excluding carboxylic acids is 1. The van der Waals surface area contributed by atoms with Crippen LogP contribution in [0.3, 0.4) is 0 Å². The highest BCUT2D eigenvalue weighted by molar-refractivity contribution is 5.76. The molecule has 0 radical (unpaired) electrons. The van der Waals surface area contributed by atoms with Crippen molar-refractivity contribution < 1.29 is 19.7 Å². The average Bonchev–Trinajstić information content (AvgIpc) is 2.40. The summed E-state index contributed by atoms with van der Waals surface area (Å²) < 4.78 is 5.03. The molecule has 0 aliphatic heterocycles. The molecule has 0 saturated carbocycles. The van der Waals surface area contributed by atoms with Crippen molar-refractivity contribution >= 4 is 12.3 Å². The summed E-state index contributed by atoms with van der Waals surface area (Å²) >= 11 is 0. The highest BCUT2D eigenvalue weighted by atomic mass is 16.5. The molecule has 1 atom stereocenters. The number of esters is 1. The van der Waals surface area contributed by atoms with E-state index in [0.29, 0.717) is 0 Å². The van der Waals surface area contributed by atoms with Crippen LogP contribution >= 0.6 is 0 Å². The predicted molar refractivity (Wildman–Crippen MR) is 73.8 cm³/mol. The van der Waals surface area contributed by atoms with Crippen LogP contribution in [0.25, 0.3) is 0 Å². The number of allylic oxidation sites excluding steroid dienone is 1. The molecular formula is C13H24N2O4. The summed E-state index contributed by atoms with van der Waals surface area (Å²) in [5, 5.41) is 18.1. The van der Waals surface area contributed by atoms with E-state index < -0.39 is 24.6 Å². The molecule has 0 amide bonds. The van der Waals surface area contributed by atoms with Crippen molar-refractivity contribution in [2.75, 3.05) is 26.9 Å². The molecule has 0 spiro atoms. The average molecular weight is 272 g/mol. The van der Waals surface area contributed by atoms with E-state index in [2.05, 4.69) is 11.6 Å². The van der Waals surface area contributed by atoms with Crippen LogP contribution in [0.1, 0.15) is 20.8 Å². The van der Waals surface area contributed by atoms with Crippen molar-refractivity contribution in [1.29, 1.82) is 0 Å². The molecule has 0 saturated heterocycles. The second kappa shape index (κ2) is 7.91. The maximum atomic E-state index is 11.7. The number of hydrogen-bond donors (Lipinski definition) is 2. The van der Waals surface area contributed by atoms with Crippen LogP contribution < -0.4 is 0 Å². The molecule has 0 heterocycles. The Morgan fingerprint density at radius 2 is 2.05 bits per heavy atom. The summed E-state index contributed by atoms with van der Waals surface area (Å²) in [6, 6.07) is -0.215.